The molecule has 0 N–H and O–H groups in total. The maximum Gasteiger partial charge on any atom is 0.254 e. The normalized spacial score (nSPS) is 16.7. The Balaban J connectivity index is 1.79. The summed E-state index contributed by atoms with van der Waals surface area (Å²) in [5.74, 6) is 0.0852. The summed E-state index contributed by atoms with van der Waals surface area (Å²) in [5.41, 5.74) is 4.48. The van der Waals surface area contributed by atoms with Crippen molar-refractivity contribution in [1.29, 1.82) is 0 Å². The summed E-state index contributed by atoms with van der Waals surface area (Å²) in [6.45, 7) is 0.462. The number of carbonyl (C=O) groups is 1. The number of carbonyl (C=O) groups excluding carboxylic acids is 1. The van der Waals surface area contributed by atoms with Crippen LogP contribution < -0.4 is 0 Å². The van der Waals surface area contributed by atoms with Crippen molar-refractivity contribution in [3.63, 3.8) is 0 Å². The summed E-state index contributed by atoms with van der Waals surface area (Å²) in [6.07, 6.45) is 2.99. The van der Waals surface area contributed by atoms with Gasteiger partial charge in [-0.15, -0.1) is 0 Å². The zero-order valence-electron chi connectivity index (χ0n) is 13.8. The van der Waals surface area contributed by atoms with Gasteiger partial charge in [0.25, 0.3) is 5.91 Å². The van der Waals surface area contributed by atoms with Crippen LogP contribution in [0.1, 0.15) is 33.5 Å². The third kappa shape index (κ3) is 3.30. The molecule has 0 radical (unpaired) electrons. The molecule has 1 aliphatic rings. The molecule has 1 amide bonds. The highest BCUT2D eigenvalue weighted by Crippen LogP contribution is 2.25. The quantitative estimate of drug-likeness (QED) is 0.865. The van der Waals surface area contributed by atoms with E-state index in [9.17, 15) is 4.79 Å². The number of rotatable bonds is 4. The number of fused-ring (bicyclic) bond motifs is 1. The van der Waals surface area contributed by atoms with Crippen LogP contribution in [0.25, 0.3) is 0 Å². The Morgan fingerprint density at radius 3 is 2.61 bits per heavy atom. The van der Waals surface area contributed by atoms with Gasteiger partial charge in [0.05, 0.1) is 6.61 Å². The summed E-state index contributed by atoms with van der Waals surface area (Å²) < 4.78 is 5.22. The molecule has 0 aromatic heterocycles. The summed E-state index contributed by atoms with van der Waals surface area (Å²) >= 11 is 0. The molecule has 0 unspecified atom stereocenters. The SMILES string of the molecule is COCc1ccccc1C(=O)N(C)[C@@H]1CCc2ccccc2C1. The second kappa shape index (κ2) is 6.97. The van der Waals surface area contributed by atoms with Crippen LogP contribution in [0.3, 0.4) is 0 Å². The molecule has 0 fully saturated rings. The first kappa shape index (κ1) is 15.8. The average molecular weight is 309 g/mol. The highest BCUT2D eigenvalue weighted by atomic mass is 16.5. The van der Waals surface area contributed by atoms with Gasteiger partial charge in [-0.05, 0) is 42.0 Å². The Morgan fingerprint density at radius 1 is 1.13 bits per heavy atom. The van der Waals surface area contributed by atoms with Crippen molar-refractivity contribution in [2.24, 2.45) is 0 Å². The van der Waals surface area contributed by atoms with Crippen LogP contribution in [0.5, 0.6) is 0 Å². The van der Waals surface area contributed by atoms with E-state index in [0.29, 0.717) is 6.61 Å². The van der Waals surface area contributed by atoms with E-state index in [-0.39, 0.29) is 11.9 Å². The average Bonchev–Trinajstić information content (AvgIpc) is 2.61. The van der Waals surface area contributed by atoms with Crippen molar-refractivity contribution in [1.82, 2.24) is 4.90 Å². The van der Waals surface area contributed by atoms with Crippen molar-refractivity contribution in [2.45, 2.75) is 31.9 Å². The number of amides is 1. The molecule has 3 nitrogen and oxygen atoms in total. The summed E-state index contributed by atoms with van der Waals surface area (Å²) in [5, 5.41) is 0. The van der Waals surface area contributed by atoms with Crippen LogP contribution in [0.2, 0.25) is 0 Å². The maximum absolute atomic E-state index is 12.9. The Kier molecular flexibility index (Phi) is 4.77. The Labute approximate surface area is 137 Å². The molecular weight excluding hydrogens is 286 g/mol. The van der Waals surface area contributed by atoms with Gasteiger partial charge in [0.15, 0.2) is 0 Å². The van der Waals surface area contributed by atoms with Gasteiger partial charge in [-0.3, -0.25) is 4.79 Å². The van der Waals surface area contributed by atoms with E-state index in [1.807, 2.05) is 36.2 Å². The number of hydrogen-bond donors (Lipinski definition) is 0. The number of methoxy groups -OCH3 is 1. The fraction of sp³-hybridized carbons (Fsp3) is 0.350. The minimum atomic E-state index is 0.0852. The monoisotopic (exact) mass is 309 g/mol. The number of ether oxygens (including phenoxy) is 1. The van der Waals surface area contributed by atoms with E-state index < -0.39 is 0 Å². The van der Waals surface area contributed by atoms with Crippen molar-refractivity contribution >= 4 is 5.91 Å². The first-order valence-corrected chi connectivity index (χ1v) is 8.11. The highest BCUT2D eigenvalue weighted by Gasteiger charge is 2.26. The number of benzene rings is 2. The van der Waals surface area contributed by atoms with Crippen LogP contribution in [0.4, 0.5) is 0 Å². The fourth-order valence-electron chi connectivity index (χ4n) is 3.38. The molecule has 0 aliphatic heterocycles. The van der Waals surface area contributed by atoms with Crippen LogP contribution in [0, 0.1) is 0 Å². The molecule has 2 aromatic carbocycles. The minimum Gasteiger partial charge on any atom is -0.380 e. The largest absolute Gasteiger partial charge is 0.380 e. The molecule has 1 atom stereocenters. The molecule has 3 rings (SSSR count). The summed E-state index contributed by atoms with van der Waals surface area (Å²) in [6, 6.07) is 16.5. The van der Waals surface area contributed by atoms with Gasteiger partial charge in [0, 0.05) is 25.8 Å². The third-order valence-electron chi connectivity index (χ3n) is 4.74. The van der Waals surface area contributed by atoms with Crippen LogP contribution >= 0.6 is 0 Å². The lowest BCUT2D eigenvalue weighted by atomic mass is 9.87. The molecule has 0 spiro atoms. The van der Waals surface area contributed by atoms with Crippen molar-refractivity contribution < 1.29 is 9.53 Å². The van der Waals surface area contributed by atoms with E-state index in [0.717, 1.165) is 30.4 Å². The number of aryl methyl sites for hydroxylation is 1. The van der Waals surface area contributed by atoms with Crippen LogP contribution in [-0.4, -0.2) is 31.0 Å². The first-order valence-electron chi connectivity index (χ1n) is 8.11. The van der Waals surface area contributed by atoms with Gasteiger partial charge in [-0.1, -0.05) is 42.5 Å². The van der Waals surface area contributed by atoms with Crippen LogP contribution in [0.15, 0.2) is 48.5 Å². The highest BCUT2D eigenvalue weighted by molar-refractivity contribution is 5.95. The lowest BCUT2D eigenvalue weighted by Crippen LogP contribution is -2.41. The molecule has 0 bridgehead atoms. The molecule has 120 valence electrons. The molecule has 23 heavy (non-hydrogen) atoms. The van der Waals surface area contributed by atoms with Gasteiger partial charge >= 0.3 is 0 Å². The van der Waals surface area contributed by atoms with E-state index in [1.54, 1.807) is 7.11 Å². The van der Waals surface area contributed by atoms with Gasteiger partial charge < -0.3 is 9.64 Å². The molecule has 0 heterocycles. The number of nitrogens with zero attached hydrogens (tertiary/aromatic N) is 1. The Morgan fingerprint density at radius 2 is 1.83 bits per heavy atom. The summed E-state index contributed by atoms with van der Waals surface area (Å²) in [4.78, 5) is 14.8. The molecule has 0 saturated heterocycles. The van der Waals surface area contributed by atoms with E-state index in [4.69, 9.17) is 4.74 Å². The Bertz CT molecular complexity index is 696. The Hall–Kier alpha value is -2.13. The van der Waals surface area contributed by atoms with Gasteiger partial charge in [-0.2, -0.15) is 0 Å². The van der Waals surface area contributed by atoms with Crippen molar-refractivity contribution in [2.75, 3.05) is 14.2 Å². The van der Waals surface area contributed by atoms with E-state index >= 15 is 0 Å². The first-order chi connectivity index (χ1) is 11.2. The predicted octanol–water partition coefficient (Wildman–Crippen LogP) is 3.46. The molecule has 3 heteroatoms. The minimum absolute atomic E-state index is 0.0852. The smallest absolute Gasteiger partial charge is 0.254 e. The van der Waals surface area contributed by atoms with Crippen molar-refractivity contribution in [3.05, 3.63) is 70.8 Å². The zero-order valence-corrected chi connectivity index (χ0v) is 13.8. The molecular formula is C20H23NO2. The fourth-order valence-corrected chi connectivity index (χ4v) is 3.38. The van der Waals surface area contributed by atoms with Crippen molar-refractivity contribution in [3.8, 4) is 0 Å². The zero-order chi connectivity index (χ0) is 16.2. The third-order valence-corrected chi connectivity index (χ3v) is 4.74. The lowest BCUT2D eigenvalue weighted by Gasteiger charge is -2.33. The lowest BCUT2D eigenvalue weighted by molar-refractivity contribution is 0.0714. The van der Waals surface area contributed by atoms with E-state index in [2.05, 4.69) is 24.3 Å². The standard InChI is InChI=1S/C20H23NO2/c1-21(18-12-11-15-7-3-4-8-16(15)13-18)20(22)19-10-6-5-9-17(19)14-23-2/h3-10,18H,11-14H2,1-2H3/t18-/m1/s1. The van der Waals surface area contributed by atoms with Gasteiger partial charge in [0.1, 0.15) is 0 Å². The topological polar surface area (TPSA) is 29.5 Å². The molecule has 2 aromatic rings. The number of hydrogen-bond acceptors (Lipinski definition) is 2. The van der Waals surface area contributed by atoms with E-state index in [1.165, 1.54) is 11.1 Å². The second-order valence-electron chi connectivity index (χ2n) is 6.17. The number of likely N-dealkylation sites (N-methyl/N-ethyl adjacent to an activating group) is 1. The predicted molar refractivity (Wildman–Crippen MR) is 91.5 cm³/mol. The maximum atomic E-state index is 12.9. The summed E-state index contributed by atoms with van der Waals surface area (Å²) in [7, 11) is 3.58. The molecule has 1 aliphatic carbocycles. The van der Waals surface area contributed by atoms with Gasteiger partial charge in [0.2, 0.25) is 0 Å². The van der Waals surface area contributed by atoms with Gasteiger partial charge in [-0.25, -0.2) is 0 Å². The van der Waals surface area contributed by atoms with Crippen LogP contribution in [-0.2, 0) is 24.2 Å². The molecule has 0 saturated carbocycles. The second-order valence-corrected chi connectivity index (χ2v) is 6.17.